The number of halogens is 5. The fourth-order valence-corrected chi connectivity index (χ4v) is 3.73. The van der Waals surface area contributed by atoms with Gasteiger partial charge in [0.1, 0.15) is 5.69 Å². The molecule has 0 aliphatic rings. The topological polar surface area (TPSA) is 75.3 Å². The first-order valence-corrected chi connectivity index (χ1v) is 12.3. The van der Waals surface area contributed by atoms with E-state index in [0.29, 0.717) is 24.0 Å². The number of hydrogen-bond donors (Lipinski definition) is 2. The monoisotopic (exact) mass is 504 g/mol. The van der Waals surface area contributed by atoms with E-state index in [2.05, 4.69) is 5.32 Å². The lowest BCUT2D eigenvalue weighted by Gasteiger charge is -2.15. The number of hydrogen-bond acceptors (Lipinski definition) is 3. The second kappa shape index (κ2) is 11.0. The number of anilines is 1. The Balaban J connectivity index is 2.18. The lowest BCUT2D eigenvalue weighted by Crippen LogP contribution is -2.25. The van der Waals surface area contributed by atoms with Crippen molar-refractivity contribution < 1.29 is 35.2 Å². The van der Waals surface area contributed by atoms with Gasteiger partial charge in [0.2, 0.25) is 15.9 Å². The van der Waals surface area contributed by atoms with Gasteiger partial charge in [-0.25, -0.2) is 17.2 Å². The van der Waals surface area contributed by atoms with E-state index in [-0.39, 0.29) is 5.56 Å². The van der Waals surface area contributed by atoms with Gasteiger partial charge < -0.3 is 5.32 Å². The van der Waals surface area contributed by atoms with Crippen LogP contribution in [0.25, 0.3) is 6.08 Å². The lowest BCUT2D eigenvalue weighted by molar-refractivity contribution is -0.137. The fraction of sp³-hybridized carbons (Fsp3) is 0.348. The van der Waals surface area contributed by atoms with Crippen molar-refractivity contribution in [3.05, 3.63) is 70.3 Å². The molecule has 2 N–H and O–H groups in total. The highest BCUT2D eigenvalue weighted by atomic mass is 32.2. The summed E-state index contributed by atoms with van der Waals surface area (Å²) in [6.07, 6.45) is 0.640. The van der Waals surface area contributed by atoms with Gasteiger partial charge in [-0.15, -0.1) is 0 Å². The van der Waals surface area contributed by atoms with E-state index in [1.807, 2.05) is 6.92 Å². The fourth-order valence-electron chi connectivity index (χ4n) is 3.16. The predicted octanol–water partition coefficient (Wildman–Crippen LogP) is 5.59. The molecule has 0 spiro atoms. The SMILES string of the molecule is CCCCc1cc(C(F)(F)F)ccc1/C=C/C(=O)N[C@H](C)c1cc(F)c(NS(C)(=O)=O)c(F)c1. The Morgan fingerprint density at radius 3 is 2.26 bits per heavy atom. The van der Waals surface area contributed by atoms with Crippen molar-refractivity contribution in [2.75, 3.05) is 11.0 Å². The summed E-state index contributed by atoms with van der Waals surface area (Å²) in [5.41, 5.74) is -0.642. The standard InChI is InChI=1S/C23H25F5N2O3S/c1-4-5-6-16-11-18(23(26,27)28)9-7-15(16)8-10-21(31)29-14(2)17-12-19(24)22(20(25)13-17)30-34(3,32)33/h7-14,30H,4-6H2,1-3H3,(H,29,31)/b10-8+/t14-/m1/s1. The van der Waals surface area contributed by atoms with Gasteiger partial charge in [0.25, 0.3) is 0 Å². The van der Waals surface area contributed by atoms with Gasteiger partial charge in [-0.3, -0.25) is 9.52 Å². The highest BCUT2D eigenvalue weighted by Gasteiger charge is 2.30. The van der Waals surface area contributed by atoms with Crippen LogP contribution in [0.1, 0.15) is 55.0 Å². The van der Waals surface area contributed by atoms with E-state index >= 15 is 0 Å². The summed E-state index contributed by atoms with van der Waals surface area (Å²) in [6, 6.07) is 4.23. The van der Waals surface area contributed by atoms with Crippen molar-refractivity contribution in [2.24, 2.45) is 0 Å². The largest absolute Gasteiger partial charge is 0.416 e. The van der Waals surface area contributed by atoms with Gasteiger partial charge in [0, 0.05) is 6.08 Å². The number of benzene rings is 2. The summed E-state index contributed by atoms with van der Waals surface area (Å²) in [5, 5.41) is 2.51. The molecule has 5 nitrogen and oxygen atoms in total. The Labute approximate surface area is 195 Å². The van der Waals surface area contributed by atoms with Gasteiger partial charge in [-0.1, -0.05) is 19.4 Å². The van der Waals surface area contributed by atoms with Crippen LogP contribution in [0.4, 0.5) is 27.6 Å². The number of amides is 1. The molecular formula is C23H25F5N2O3S. The average Bonchev–Trinajstić information content (AvgIpc) is 2.72. The second-order valence-corrected chi connectivity index (χ2v) is 9.56. The lowest BCUT2D eigenvalue weighted by atomic mass is 9.98. The Hall–Kier alpha value is -2.95. The molecule has 1 atom stereocenters. The minimum atomic E-state index is -4.48. The Bertz CT molecular complexity index is 1150. The van der Waals surface area contributed by atoms with E-state index in [1.54, 1.807) is 4.72 Å². The van der Waals surface area contributed by atoms with Crippen molar-refractivity contribution in [1.29, 1.82) is 0 Å². The molecule has 0 saturated carbocycles. The number of aryl methyl sites for hydroxylation is 1. The van der Waals surface area contributed by atoms with Gasteiger partial charge in [-0.2, -0.15) is 13.2 Å². The molecule has 0 saturated heterocycles. The molecule has 0 fully saturated rings. The van der Waals surface area contributed by atoms with Crippen LogP contribution in [0.2, 0.25) is 0 Å². The highest BCUT2D eigenvalue weighted by molar-refractivity contribution is 7.92. The van der Waals surface area contributed by atoms with Crippen molar-refractivity contribution >= 4 is 27.7 Å². The van der Waals surface area contributed by atoms with Crippen molar-refractivity contribution in [3.63, 3.8) is 0 Å². The zero-order valence-corrected chi connectivity index (χ0v) is 19.6. The third kappa shape index (κ3) is 7.82. The molecule has 0 aliphatic heterocycles. The first-order chi connectivity index (χ1) is 15.7. The zero-order chi connectivity index (χ0) is 25.7. The smallest absolute Gasteiger partial charge is 0.346 e. The minimum absolute atomic E-state index is 0.0500. The summed E-state index contributed by atoms with van der Waals surface area (Å²) in [7, 11) is -3.90. The Kier molecular flexibility index (Phi) is 8.82. The Morgan fingerprint density at radius 1 is 1.12 bits per heavy atom. The second-order valence-electron chi connectivity index (χ2n) is 7.81. The summed E-state index contributed by atoms with van der Waals surface area (Å²) in [4.78, 5) is 12.3. The first kappa shape index (κ1) is 27.3. The van der Waals surface area contributed by atoms with E-state index < -0.39 is 51.0 Å². The Morgan fingerprint density at radius 2 is 1.74 bits per heavy atom. The summed E-state index contributed by atoms with van der Waals surface area (Å²) in [5.74, 6) is -2.93. The maximum atomic E-state index is 14.2. The highest BCUT2D eigenvalue weighted by Crippen LogP contribution is 2.31. The molecule has 0 heterocycles. The van der Waals surface area contributed by atoms with Crippen molar-refractivity contribution in [2.45, 2.75) is 45.3 Å². The van der Waals surface area contributed by atoms with Gasteiger partial charge >= 0.3 is 6.18 Å². The predicted molar refractivity (Wildman–Crippen MR) is 120 cm³/mol. The quantitative estimate of drug-likeness (QED) is 0.345. The van der Waals surface area contributed by atoms with Crippen molar-refractivity contribution in [3.8, 4) is 0 Å². The normalized spacial score (nSPS) is 13.2. The molecule has 2 aromatic carbocycles. The zero-order valence-electron chi connectivity index (χ0n) is 18.8. The number of alkyl halides is 3. The molecule has 2 aromatic rings. The first-order valence-electron chi connectivity index (χ1n) is 10.4. The van der Waals surface area contributed by atoms with Crippen LogP contribution in [0.5, 0.6) is 0 Å². The van der Waals surface area contributed by atoms with E-state index in [4.69, 9.17) is 0 Å². The van der Waals surface area contributed by atoms with Gasteiger partial charge in [0.15, 0.2) is 11.6 Å². The molecule has 2 rings (SSSR count). The van der Waals surface area contributed by atoms with Crippen molar-refractivity contribution in [1.82, 2.24) is 5.32 Å². The van der Waals surface area contributed by atoms with Crippen LogP contribution in [0.15, 0.2) is 36.4 Å². The number of unbranched alkanes of at least 4 members (excludes halogenated alkanes) is 1. The summed E-state index contributed by atoms with van der Waals surface area (Å²) in [6.45, 7) is 3.38. The molecule has 0 unspecified atom stereocenters. The maximum Gasteiger partial charge on any atom is 0.416 e. The van der Waals surface area contributed by atoms with E-state index in [9.17, 15) is 35.2 Å². The molecule has 11 heteroatoms. The van der Waals surface area contributed by atoms with Crippen LogP contribution in [0.3, 0.4) is 0 Å². The number of carbonyl (C=O) groups is 1. The third-order valence-electron chi connectivity index (χ3n) is 4.89. The molecule has 0 aliphatic carbocycles. The van der Waals surface area contributed by atoms with Crippen LogP contribution < -0.4 is 10.0 Å². The van der Waals surface area contributed by atoms with Crippen LogP contribution in [-0.4, -0.2) is 20.6 Å². The average molecular weight is 505 g/mol. The molecule has 34 heavy (non-hydrogen) atoms. The number of nitrogens with one attached hydrogen (secondary N) is 2. The minimum Gasteiger partial charge on any atom is -0.346 e. The van der Waals surface area contributed by atoms with Crippen LogP contribution in [0, 0.1) is 11.6 Å². The van der Waals surface area contributed by atoms with Gasteiger partial charge in [-0.05, 0) is 66.8 Å². The van der Waals surface area contributed by atoms with Crippen LogP contribution in [-0.2, 0) is 27.4 Å². The molecular weight excluding hydrogens is 479 g/mol. The molecule has 0 radical (unpaired) electrons. The summed E-state index contributed by atoms with van der Waals surface area (Å²) >= 11 is 0. The maximum absolute atomic E-state index is 14.2. The number of rotatable bonds is 9. The third-order valence-corrected chi connectivity index (χ3v) is 5.47. The van der Waals surface area contributed by atoms with Gasteiger partial charge in [0.05, 0.1) is 17.9 Å². The molecule has 1 amide bonds. The molecule has 186 valence electrons. The van der Waals surface area contributed by atoms with Crippen LogP contribution >= 0.6 is 0 Å². The van der Waals surface area contributed by atoms with E-state index in [1.165, 1.54) is 19.1 Å². The molecule has 0 bridgehead atoms. The number of carbonyl (C=O) groups excluding carboxylic acids is 1. The van der Waals surface area contributed by atoms with E-state index in [0.717, 1.165) is 43.0 Å². The molecule has 0 aromatic heterocycles. The number of sulfonamides is 1. The summed E-state index contributed by atoms with van der Waals surface area (Å²) < 4.78 is 91.7.